The van der Waals surface area contributed by atoms with Crippen molar-refractivity contribution in [3.05, 3.63) is 41.2 Å². The van der Waals surface area contributed by atoms with Crippen molar-refractivity contribution in [3.8, 4) is 11.3 Å². The van der Waals surface area contributed by atoms with Gasteiger partial charge >= 0.3 is 0 Å². The molecule has 2 heterocycles. The van der Waals surface area contributed by atoms with Crippen LogP contribution in [0.5, 0.6) is 0 Å². The number of fused-ring (bicyclic) bond motifs is 1. The first-order valence-corrected chi connectivity index (χ1v) is 8.33. The zero-order valence-corrected chi connectivity index (χ0v) is 13.4. The Balaban J connectivity index is 1.47. The van der Waals surface area contributed by atoms with Crippen LogP contribution in [0.4, 0.5) is 10.2 Å². The maximum atomic E-state index is 13.4. The van der Waals surface area contributed by atoms with E-state index in [9.17, 15) is 4.39 Å². The third-order valence-electron chi connectivity index (χ3n) is 4.88. The van der Waals surface area contributed by atoms with Crippen LogP contribution < -0.4 is 10.6 Å². The molecule has 2 atom stereocenters. The second kappa shape index (κ2) is 6.06. The molecular weight excluding hydrogens is 315 g/mol. The number of rotatable bonds is 3. The van der Waals surface area contributed by atoms with Crippen LogP contribution in [0.3, 0.4) is 0 Å². The van der Waals surface area contributed by atoms with Crippen LogP contribution >= 0.6 is 11.6 Å². The fourth-order valence-electron chi connectivity index (χ4n) is 3.74. The quantitative estimate of drug-likeness (QED) is 0.905. The van der Waals surface area contributed by atoms with E-state index >= 15 is 0 Å². The highest BCUT2D eigenvalue weighted by Crippen LogP contribution is 2.35. The molecular formula is C17H18ClFN4. The van der Waals surface area contributed by atoms with Crippen molar-refractivity contribution < 1.29 is 4.39 Å². The van der Waals surface area contributed by atoms with Crippen LogP contribution in [0.2, 0.25) is 5.02 Å². The molecule has 1 aromatic carbocycles. The summed E-state index contributed by atoms with van der Waals surface area (Å²) < 4.78 is 13.4. The Kier molecular flexibility index (Phi) is 3.91. The van der Waals surface area contributed by atoms with E-state index < -0.39 is 0 Å². The van der Waals surface area contributed by atoms with Gasteiger partial charge in [-0.3, -0.25) is 0 Å². The summed E-state index contributed by atoms with van der Waals surface area (Å²) >= 11 is 6.11. The molecule has 120 valence electrons. The number of halogens is 2. The lowest BCUT2D eigenvalue weighted by molar-refractivity contribution is 0.494. The van der Waals surface area contributed by atoms with E-state index in [4.69, 9.17) is 11.6 Å². The normalized spacial score (nSPS) is 26.3. The van der Waals surface area contributed by atoms with Crippen molar-refractivity contribution in [1.82, 2.24) is 15.5 Å². The number of hydrogen-bond donors (Lipinski definition) is 2. The molecule has 0 spiro atoms. The van der Waals surface area contributed by atoms with Gasteiger partial charge < -0.3 is 10.6 Å². The molecule has 0 radical (unpaired) electrons. The first-order chi connectivity index (χ1) is 11.2. The van der Waals surface area contributed by atoms with Gasteiger partial charge in [0, 0.05) is 11.6 Å². The van der Waals surface area contributed by atoms with Crippen molar-refractivity contribution >= 4 is 17.4 Å². The Morgan fingerprint density at radius 3 is 2.57 bits per heavy atom. The standard InChI is InChI=1S/C17H18ClFN4/c18-15-2-1-12(19)7-14(15)16-3-4-17(23-22-16)21-13-5-10-8-20-9-11(10)6-13/h1-4,7,10-11,13,20H,5-6,8-9H2,(H,21,23). The number of nitrogens with one attached hydrogen (secondary N) is 2. The van der Waals surface area contributed by atoms with E-state index in [0.29, 0.717) is 22.3 Å². The Hall–Kier alpha value is -1.72. The number of nitrogens with zero attached hydrogens (tertiary/aromatic N) is 2. The second-order valence-electron chi connectivity index (χ2n) is 6.42. The predicted octanol–water partition coefficient (Wildman–Crippen LogP) is 3.35. The molecule has 1 aliphatic heterocycles. The maximum absolute atomic E-state index is 13.4. The van der Waals surface area contributed by atoms with Crippen molar-refractivity contribution in [1.29, 1.82) is 0 Å². The van der Waals surface area contributed by atoms with Gasteiger partial charge in [-0.05, 0) is 68.1 Å². The van der Waals surface area contributed by atoms with Crippen LogP contribution in [0.1, 0.15) is 12.8 Å². The highest BCUT2D eigenvalue weighted by Gasteiger charge is 2.37. The Morgan fingerprint density at radius 2 is 1.87 bits per heavy atom. The SMILES string of the molecule is Fc1ccc(Cl)c(-c2ccc(NC3CC4CNCC4C3)nn2)c1. The van der Waals surface area contributed by atoms with Crippen molar-refractivity contribution in [2.75, 3.05) is 18.4 Å². The van der Waals surface area contributed by atoms with Crippen molar-refractivity contribution in [2.45, 2.75) is 18.9 Å². The van der Waals surface area contributed by atoms with Crippen LogP contribution in [0, 0.1) is 17.7 Å². The van der Waals surface area contributed by atoms with Crippen LogP contribution in [-0.4, -0.2) is 29.3 Å². The molecule has 1 aliphatic carbocycles. The van der Waals surface area contributed by atoms with Gasteiger partial charge in [-0.2, -0.15) is 0 Å². The summed E-state index contributed by atoms with van der Waals surface area (Å²) in [4.78, 5) is 0. The number of anilines is 1. The lowest BCUT2D eigenvalue weighted by atomic mass is 10.0. The minimum atomic E-state index is -0.334. The highest BCUT2D eigenvalue weighted by atomic mass is 35.5. The smallest absolute Gasteiger partial charge is 0.148 e. The lowest BCUT2D eigenvalue weighted by Crippen LogP contribution is -2.21. The fourth-order valence-corrected chi connectivity index (χ4v) is 3.95. The van der Waals surface area contributed by atoms with E-state index in [2.05, 4.69) is 20.8 Å². The molecule has 2 unspecified atom stereocenters. The monoisotopic (exact) mass is 332 g/mol. The summed E-state index contributed by atoms with van der Waals surface area (Å²) in [5.74, 6) is 2.00. The Labute approximate surface area is 139 Å². The minimum Gasteiger partial charge on any atom is -0.366 e. The summed E-state index contributed by atoms with van der Waals surface area (Å²) in [5.41, 5.74) is 1.14. The van der Waals surface area contributed by atoms with E-state index in [0.717, 1.165) is 30.7 Å². The average Bonchev–Trinajstić information content (AvgIpc) is 3.12. The van der Waals surface area contributed by atoms with E-state index in [1.54, 1.807) is 0 Å². The predicted molar refractivity (Wildman–Crippen MR) is 88.9 cm³/mol. The topological polar surface area (TPSA) is 49.8 Å². The minimum absolute atomic E-state index is 0.334. The van der Waals surface area contributed by atoms with Gasteiger partial charge in [0.05, 0.1) is 10.7 Å². The maximum Gasteiger partial charge on any atom is 0.148 e. The van der Waals surface area contributed by atoms with Gasteiger partial charge in [-0.1, -0.05) is 11.6 Å². The number of aromatic nitrogens is 2. The van der Waals surface area contributed by atoms with Crippen LogP contribution in [0.25, 0.3) is 11.3 Å². The molecule has 4 nitrogen and oxygen atoms in total. The molecule has 0 amide bonds. The molecule has 2 fully saturated rings. The number of benzene rings is 1. The molecule has 1 saturated carbocycles. The molecule has 4 rings (SSSR count). The van der Waals surface area contributed by atoms with Gasteiger partial charge in [-0.15, -0.1) is 10.2 Å². The zero-order valence-electron chi connectivity index (χ0n) is 12.6. The van der Waals surface area contributed by atoms with E-state index in [1.807, 2.05) is 12.1 Å². The van der Waals surface area contributed by atoms with Gasteiger partial charge in [0.2, 0.25) is 0 Å². The van der Waals surface area contributed by atoms with Gasteiger partial charge in [0.1, 0.15) is 11.6 Å². The molecule has 23 heavy (non-hydrogen) atoms. The molecule has 1 aromatic heterocycles. The molecule has 6 heteroatoms. The summed E-state index contributed by atoms with van der Waals surface area (Å²) in [6.07, 6.45) is 2.35. The molecule has 2 aliphatic rings. The fraction of sp³-hybridized carbons (Fsp3) is 0.412. The summed E-state index contributed by atoms with van der Waals surface area (Å²) in [7, 11) is 0. The Bertz CT molecular complexity index is 694. The molecule has 1 saturated heterocycles. The van der Waals surface area contributed by atoms with Gasteiger partial charge in [0.25, 0.3) is 0 Å². The van der Waals surface area contributed by atoms with E-state index in [1.165, 1.54) is 31.0 Å². The summed E-state index contributed by atoms with van der Waals surface area (Å²) in [6.45, 7) is 2.26. The summed E-state index contributed by atoms with van der Waals surface area (Å²) in [5, 5.41) is 15.8. The highest BCUT2D eigenvalue weighted by molar-refractivity contribution is 6.33. The van der Waals surface area contributed by atoms with Crippen molar-refractivity contribution in [2.24, 2.45) is 11.8 Å². The largest absolute Gasteiger partial charge is 0.366 e. The Morgan fingerprint density at radius 1 is 1.09 bits per heavy atom. The third kappa shape index (κ3) is 3.03. The van der Waals surface area contributed by atoms with E-state index in [-0.39, 0.29) is 5.82 Å². The third-order valence-corrected chi connectivity index (χ3v) is 5.20. The zero-order chi connectivity index (χ0) is 15.8. The average molecular weight is 333 g/mol. The molecule has 2 N–H and O–H groups in total. The lowest BCUT2D eigenvalue weighted by Gasteiger charge is -2.14. The first kappa shape index (κ1) is 14.8. The molecule has 2 aromatic rings. The number of hydrogen-bond acceptors (Lipinski definition) is 4. The van der Waals surface area contributed by atoms with Crippen molar-refractivity contribution in [3.63, 3.8) is 0 Å². The van der Waals surface area contributed by atoms with Gasteiger partial charge in [0.15, 0.2) is 0 Å². The second-order valence-corrected chi connectivity index (χ2v) is 6.83. The first-order valence-electron chi connectivity index (χ1n) is 7.95. The van der Waals surface area contributed by atoms with Crippen LogP contribution in [0.15, 0.2) is 30.3 Å². The molecule has 0 bridgehead atoms. The van der Waals surface area contributed by atoms with Crippen LogP contribution in [-0.2, 0) is 0 Å². The van der Waals surface area contributed by atoms with Gasteiger partial charge in [-0.25, -0.2) is 4.39 Å². The summed E-state index contributed by atoms with van der Waals surface area (Å²) in [6, 6.07) is 8.42.